The summed E-state index contributed by atoms with van der Waals surface area (Å²) in [5, 5.41) is 3.68. The predicted octanol–water partition coefficient (Wildman–Crippen LogP) is 1.96. The van der Waals surface area contributed by atoms with Gasteiger partial charge in [0, 0.05) is 19.1 Å². The van der Waals surface area contributed by atoms with Crippen LogP contribution in [0.3, 0.4) is 0 Å². The van der Waals surface area contributed by atoms with Crippen molar-refractivity contribution in [3.05, 3.63) is 0 Å². The average Bonchev–Trinajstić information content (AvgIpc) is 2.24. The fourth-order valence-corrected chi connectivity index (χ4v) is 2.64. The molecule has 0 aromatic carbocycles. The fraction of sp³-hybridized carbons (Fsp3) is 1.00. The van der Waals surface area contributed by atoms with Crippen LogP contribution in [0.15, 0.2) is 0 Å². The van der Waals surface area contributed by atoms with Gasteiger partial charge in [0.1, 0.15) is 0 Å². The normalized spacial score (nSPS) is 31.3. The molecule has 1 saturated carbocycles. The Morgan fingerprint density at radius 2 is 1.93 bits per heavy atom. The summed E-state index contributed by atoms with van der Waals surface area (Å²) in [7, 11) is 4.26. The lowest BCUT2D eigenvalue weighted by Crippen LogP contribution is -2.36. The molecule has 2 heteroatoms. The molecule has 0 bridgehead atoms. The van der Waals surface area contributed by atoms with Crippen LogP contribution >= 0.6 is 0 Å². The Bertz CT molecular complexity index is 175. The Morgan fingerprint density at radius 3 is 2.36 bits per heavy atom. The molecular weight excluding hydrogens is 172 g/mol. The Labute approximate surface area is 89.1 Å². The van der Waals surface area contributed by atoms with Gasteiger partial charge in [0.2, 0.25) is 0 Å². The molecule has 1 aliphatic rings. The third-order valence-corrected chi connectivity index (χ3v) is 3.30. The van der Waals surface area contributed by atoms with Gasteiger partial charge in [-0.2, -0.15) is 0 Å². The molecule has 2 atom stereocenters. The van der Waals surface area contributed by atoms with E-state index in [1.807, 2.05) is 0 Å². The smallest absolute Gasteiger partial charge is 0.0101 e. The standard InChI is InChI=1S/C12H26N2/c1-10-8-12(2,3)9-11(10)13-6-7-14(4)5/h10-11,13H,6-9H2,1-5H3. The maximum Gasteiger partial charge on any atom is 0.0101 e. The summed E-state index contributed by atoms with van der Waals surface area (Å²) in [4.78, 5) is 2.23. The largest absolute Gasteiger partial charge is 0.312 e. The van der Waals surface area contributed by atoms with Crippen LogP contribution in [0.2, 0.25) is 0 Å². The van der Waals surface area contributed by atoms with E-state index in [0.717, 1.165) is 25.0 Å². The Morgan fingerprint density at radius 1 is 1.29 bits per heavy atom. The van der Waals surface area contributed by atoms with Crippen LogP contribution in [0.25, 0.3) is 0 Å². The highest BCUT2D eigenvalue weighted by molar-refractivity contribution is 4.91. The zero-order chi connectivity index (χ0) is 10.8. The summed E-state index contributed by atoms with van der Waals surface area (Å²) < 4.78 is 0. The van der Waals surface area contributed by atoms with Crippen molar-refractivity contribution in [1.82, 2.24) is 10.2 Å². The predicted molar refractivity (Wildman–Crippen MR) is 62.5 cm³/mol. The summed E-state index contributed by atoms with van der Waals surface area (Å²) in [6.07, 6.45) is 2.70. The van der Waals surface area contributed by atoms with Crippen LogP contribution in [-0.2, 0) is 0 Å². The van der Waals surface area contributed by atoms with Crippen LogP contribution in [0, 0.1) is 11.3 Å². The zero-order valence-corrected chi connectivity index (χ0v) is 10.4. The van der Waals surface area contributed by atoms with Gasteiger partial charge in [0.15, 0.2) is 0 Å². The van der Waals surface area contributed by atoms with Gasteiger partial charge in [-0.05, 0) is 38.3 Å². The molecule has 0 heterocycles. The van der Waals surface area contributed by atoms with E-state index in [-0.39, 0.29) is 0 Å². The third-order valence-electron chi connectivity index (χ3n) is 3.30. The number of hydrogen-bond acceptors (Lipinski definition) is 2. The number of rotatable bonds is 4. The van der Waals surface area contributed by atoms with E-state index in [1.165, 1.54) is 12.8 Å². The van der Waals surface area contributed by atoms with Crippen molar-refractivity contribution in [2.75, 3.05) is 27.2 Å². The lowest BCUT2D eigenvalue weighted by atomic mass is 9.91. The molecule has 0 radical (unpaired) electrons. The molecule has 0 aromatic heterocycles. The molecule has 2 unspecified atom stereocenters. The van der Waals surface area contributed by atoms with E-state index < -0.39 is 0 Å². The van der Waals surface area contributed by atoms with Crippen molar-refractivity contribution in [1.29, 1.82) is 0 Å². The molecule has 14 heavy (non-hydrogen) atoms. The Hall–Kier alpha value is -0.0800. The highest BCUT2D eigenvalue weighted by atomic mass is 15.1. The van der Waals surface area contributed by atoms with Gasteiger partial charge < -0.3 is 10.2 Å². The molecule has 1 fully saturated rings. The van der Waals surface area contributed by atoms with Gasteiger partial charge in [0.25, 0.3) is 0 Å². The van der Waals surface area contributed by atoms with E-state index in [2.05, 4.69) is 45.1 Å². The molecule has 2 nitrogen and oxygen atoms in total. The summed E-state index contributed by atoms with van der Waals surface area (Å²) in [5.41, 5.74) is 0.551. The lowest BCUT2D eigenvalue weighted by molar-refractivity contribution is 0.350. The van der Waals surface area contributed by atoms with E-state index in [4.69, 9.17) is 0 Å². The van der Waals surface area contributed by atoms with E-state index in [0.29, 0.717) is 5.41 Å². The quantitative estimate of drug-likeness (QED) is 0.743. The van der Waals surface area contributed by atoms with Crippen LogP contribution in [0.1, 0.15) is 33.6 Å². The van der Waals surface area contributed by atoms with Crippen LogP contribution in [0.4, 0.5) is 0 Å². The van der Waals surface area contributed by atoms with E-state index >= 15 is 0 Å². The van der Waals surface area contributed by atoms with Gasteiger partial charge in [-0.15, -0.1) is 0 Å². The first kappa shape index (κ1) is 12.0. The summed E-state index contributed by atoms with van der Waals surface area (Å²) in [6, 6.07) is 0.741. The molecule has 1 N–H and O–H groups in total. The summed E-state index contributed by atoms with van der Waals surface area (Å²) >= 11 is 0. The van der Waals surface area contributed by atoms with Crippen LogP contribution in [-0.4, -0.2) is 38.1 Å². The first-order chi connectivity index (χ1) is 6.41. The second kappa shape index (κ2) is 4.63. The van der Waals surface area contributed by atoms with Crippen molar-refractivity contribution >= 4 is 0 Å². The minimum absolute atomic E-state index is 0.551. The molecule has 0 saturated heterocycles. The maximum atomic E-state index is 3.68. The fourth-order valence-electron chi connectivity index (χ4n) is 2.64. The topological polar surface area (TPSA) is 15.3 Å². The first-order valence-electron chi connectivity index (χ1n) is 5.79. The third kappa shape index (κ3) is 3.58. The molecule has 0 amide bonds. The molecule has 0 aliphatic heterocycles. The minimum atomic E-state index is 0.551. The van der Waals surface area contributed by atoms with E-state index in [9.17, 15) is 0 Å². The minimum Gasteiger partial charge on any atom is -0.312 e. The van der Waals surface area contributed by atoms with Crippen LogP contribution < -0.4 is 5.32 Å². The zero-order valence-electron chi connectivity index (χ0n) is 10.4. The summed E-state index contributed by atoms with van der Waals surface area (Å²) in [6.45, 7) is 9.41. The lowest BCUT2D eigenvalue weighted by Gasteiger charge is -2.19. The molecule has 0 aromatic rings. The van der Waals surface area contributed by atoms with Crippen molar-refractivity contribution in [3.8, 4) is 0 Å². The molecule has 84 valence electrons. The first-order valence-corrected chi connectivity index (χ1v) is 5.79. The van der Waals surface area contributed by atoms with Gasteiger partial charge in [-0.3, -0.25) is 0 Å². The summed E-state index contributed by atoms with van der Waals surface area (Å²) in [5.74, 6) is 0.840. The van der Waals surface area contributed by atoms with E-state index in [1.54, 1.807) is 0 Å². The second-order valence-corrected chi connectivity index (χ2v) is 5.91. The maximum absolute atomic E-state index is 3.68. The van der Waals surface area contributed by atoms with Crippen molar-refractivity contribution < 1.29 is 0 Å². The number of likely N-dealkylation sites (N-methyl/N-ethyl adjacent to an activating group) is 1. The van der Waals surface area contributed by atoms with Crippen LogP contribution in [0.5, 0.6) is 0 Å². The monoisotopic (exact) mass is 198 g/mol. The second-order valence-electron chi connectivity index (χ2n) is 5.91. The molecule has 1 aliphatic carbocycles. The van der Waals surface area contributed by atoms with Gasteiger partial charge >= 0.3 is 0 Å². The number of hydrogen-bond donors (Lipinski definition) is 1. The van der Waals surface area contributed by atoms with Gasteiger partial charge in [-0.1, -0.05) is 20.8 Å². The number of nitrogens with zero attached hydrogens (tertiary/aromatic N) is 1. The van der Waals surface area contributed by atoms with Crippen molar-refractivity contribution in [2.24, 2.45) is 11.3 Å². The van der Waals surface area contributed by atoms with Gasteiger partial charge in [-0.25, -0.2) is 0 Å². The molecule has 0 spiro atoms. The average molecular weight is 198 g/mol. The highest BCUT2D eigenvalue weighted by Gasteiger charge is 2.35. The SMILES string of the molecule is CC1CC(C)(C)CC1NCCN(C)C. The molecule has 1 rings (SSSR count). The number of nitrogens with one attached hydrogen (secondary N) is 1. The van der Waals surface area contributed by atoms with Gasteiger partial charge in [0.05, 0.1) is 0 Å². The Balaban J connectivity index is 2.25. The van der Waals surface area contributed by atoms with Crippen molar-refractivity contribution in [3.63, 3.8) is 0 Å². The molecular formula is C12H26N2. The van der Waals surface area contributed by atoms with Crippen molar-refractivity contribution in [2.45, 2.75) is 39.7 Å². The Kier molecular flexibility index (Phi) is 3.96. The highest BCUT2D eigenvalue weighted by Crippen LogP contribution is 2.40.